The third-order valence-corrected chi connectivity index (χ3v) is 5.63. The Morgan fingerprint density at radius 3 is 2.80 bits per heavy atom. The van der Waals surface area contributed by atoms with E-state index >= 15 is 0 Å². The van der Waals surface area contributed by atoms with Crippen molar-refractivity contribution in [2.45, 2.75) is 25.8 Å². The van der Waals surface area contributed by atoms with Crippen molar-refractivity contribution in [2.75, 3.05) is 4.90 Å². The van der Waals surface area contributed by atoms with Gasteiger partial charge >= 0.3 is 0 Å². The average Bonchev–Trinajstić information content (AvgIpc) is 2.75. The van der Waals surface area contributed by atoms with Crippen molar-refractivity contribution in [3.05, 3.63) is 70.4 Å². The number of aryl methyl sites for hydroxylation is 1. The monoisotopic (exact) mass is 419 g/mol. The molecule has 2 heterocycles. The Morgan fingerprint density at radius 1 is 1.23 bits per heavy atom. The van der Waals surface area contributed by atoms with Gasteiger partial charge in [-0.2, -0.15) is 5.26 Å². The molecule has 1 unspecified atom stereocenters. The lowest BCUT2D eigenvalue weighted by Crippen LogP contribution is -2.42. The number of aromatic hydroxyl groups is 2. The van der Waals surface area contributed by atoms with Crippen LogP contribution in [0.3, 0.4) is 0 Å². The van der Waals surface area contributed by atoms with Gasteiger partial charge in [0.2, 0.25) is 0 Å². The number of carbonyl (C=O) groups is 1. The molecule has 1 atom stereocenters. The van der Waals surface area contributed by atoms with E-state index in [-0.39, 0.29) is 28.1 Å². The van der Waals surface area contributed by atoms with Gasteiger partial charge in [-0.15, -0.1) is 0 Å². The third kappa shape index (κ3) is 3.34. The van der Waals surface area contributed by atoms with Crippen LogP contribution >= 0.6 is 11.6 Å². The number of amides is 1. The topological polar surface area (TPSA) is 97.5 Å². The molecule has 0 spiro atoms. The minimum atomic E-state index is -0.397. The van der Waals surface area contributed by atoms with Gasteiger partial charge in [0.1, 0.15) is 17.6 Å². The Balaban J connectivity index is 1.78. The zero-order valence-electron chi connectivity index (χ0n) is 16.1. The van der Waals surface area contributed by atoms with Crippen LogP contribution in [0.25, 0.3) is 11.3 Å². The van der Waals surface area contributed by atoms with Gasteiger partial charge in [-0.1, -0.05) is 17.7 Å². The van der Waals surface area contributed by atoms with Crippen LogP contribution in [0.5, 0.6) is 11.5 Å². The summed E-state index contributed by atoms with van der Waals surface area (Å²) in [5.41, 5.74) is 3.61. The Hall–Kier alpha value is -3.56. The lowest BCUT2D eigenvalue weighted by atomic mass is 9.92. The highest BCUT2D eigenvalue weighted by atomic mass is 35.5. The first-order valence-electron chi connectivity index (χ1n) is 9.44. The second-order valence-electron chi connectivity index (χ2n) is 7.24. The zero-order chi connectivity index (χ0) is 21.4. The second-order valence-corrected chi connectivity index (χ2v) is 7.65. The number of hydrogen-bond acceptors (Lipinski definition) is 5. The van der Waals surface area contributed by atoms with Crippen molar-refractivity contribution in [3.8, 4) is 28.8 Å². The van der Waals surface area contributed by atoms with Crippen LogP contribution in [0.15, 0.2) is 48.7 Å². The molecule has 0 fully saturated rings. The summed E-state index contributed by atoms with van der Waals surface area (Å²) in [5, 5.41) is 29.2. The number of nitrogens with zero attached hydrogens (tertiary/aromatic N) is 3. The number of aromatic nitrogens is 1. The number of rotatable bonds is 2. The van der Waals surface area contributed by atoms with Crippen LogP contribution in [0, 0.1) is 11.3 Å². The molecule has 1 aliphatic heterocycles. The van der Waals surface area contributed by atoms with Crippen molar-refractivity contribution in [3.63, 3.8) is 0 Å². The number of halogens is 1. The Morgan fingerprint density at radius 2 is 2.03 bits per heavy atom. The normalized spacial score (nSPS) is 15.4. The first kappa shape index (κ1) is 19.7. The van der Waals surface area contributed by atoms with Crippen molar-refractivity contribution in [1.82, 2.24) is 4.98 Å². The van der Waals surface area contributed by atoms with Crippen LogP contribution in [0.2, 0.25) is 5.02 Å². The number of benzene rings is 2. The number of fused-ring (bicyclic) bond motifs is 1. The van der Waals surface area contributed by atoms with Gasteiger partial charge in [-0.25, -0.2) is 0 Å². The molecular formula is C23H18ClN3O3. The molecule has 4 rings (SSSR count). The first-order valence-corrected chi connectivity index (χ1v) is 9.82. The molecule has 0 bridgehead atoms. The molecule has 1 amide bonds. The van der Waals surface area contributed by atoms with Gasteiger partial charge in [0, 0.05) is 29.6 Å². The van der Waals surface area contributed by atoms with Crippen LogP contribution in [-0.2, 0) is 6.42 Å². The highest BCUT2D eigenvalue weighted by molar-refractivity contribution is 6.32. The van der Waals surface area contributed by atoms with E-state index < -0.39 is 5.91 Å². The number of anilines is 1. The molecule has 2 aromatic carbocycles. The lowest BCUT2D eigenvalue weighted by Gasteiger charge is -2.35. The van der Waals surface area contributed by atoms with E-state index in [1.807, 2.05) is 25.1 Å². The van der Waals surface area contributed by atoms with E-state index in [1.165, 1.54) is 6.07 Å². The highest BCUT2D eigenvalue weighted by Crippen LogP contribution is 2.38. The fourth-order valence-corrected chi connectivity index (χ4v) is 3.95. The van der Waals surface area contributed by atoms with E-state index in [0.29, 0.717) is 11.3 Å². The maximum atomic E-state index is 13.3. The van der Waals surface area contributed by atoms with Gasteiger partial charge in [0.05, 0.1) is 21.8 Å². The highest BCUT2D eigenvalue weighted by Gasteiger charge is 2.31. The van der Waals surface area contributed by atoms with Gasteiger partial charge in [-0.05, 0) is 55.7 Å². The average molecular weight is 420 g/mol. The van der Waals surface area contributed by atoms with Crippen LogP contribution in [0.1, 0.15) is 34.8 Å². The molecular weight excluding hydrogens is 402 g/mol. The van der Waals surface area contributed by atoms with Crippen LogP contribution in [0.4, 0.5) is 5.69 Å². The zero-order valence-corrected chi connectivity index (χ0v) is 16.9. The Bertz CT molecular complexity index is 1200. The van der Waals surface area contributed by atoms with Crippen LogP contribution in [-0.4, -0.2) is 27.1 Å². The van der Waals surface area contributed by atoms with E-state index in [2.05, 4.69) is 11.1 Å². The molecule has 0 saturated heterocycles. The summed E-state index contributed by atoms with van der Waals surface area (Å²) in [4.78, 5) is 19.3. The standard InChI is InChI=1S/C23H18ClN3O3/c1-13-4-5-14-9-15(22-16(12-25)3-2-8-26-22)6-7-19(14)27(13)23(30)17-10-18(24)21(29)11-20(17)28/h2-3,6-11,13,28-29H,4-5H2,1H3. The summed E-state index contributed by atoms with van der Waals surface area (Å²) in [6, 6.07) is 13.5. The van der Waals surface area contributed by atoms with Gasteiger partial charge in [-0.3, -0.25) is 9.78 Å². The molecule has 150 valence electrons. The summed E-state index contributed by atoms with van der Waals surface area (Å²) in [6.07, 6.45) is 3.15. The number of carbonyl (C=O) groups excluding carboxylic acids is 1. The molecule has 3 aromatic rings. The smallest absolute Gasteiger partial charge is 0.262 e. The van der Waals surface area contributed by atoms with Crippen molar-refractivity contribution in [2.24, 2.45) is 0 Å². The summed E-state index contributed by atoms with van der Waals surface area (Å²) < 4.78 is 0. The molecule has 6 nitrogen and oxygen atoms in total. The number of nitriles is 1. The van der Waals surface area contributed by atoms with Gasteiger partial charge in [0.25, 0.3) is 5.91 Å². The fraction of sp³-hybridized carbons (Fsp3) is 0.174. The molecule has 0 aliphatic carbocycles. The van der Waals surface area contributed by atoms with Crippen molar-refractivity contribution in [1.29, 1.82) is 5.26 Å². The predicted octanol–water partition coefficient (Wildman–Crippen LogP) is 4.67. The summed E-state index contributed by atoms with van der Waals surface area (Å²) >= 11 is 5.96. The molecule has 30 heavy (non-hydrogen) atoms. The molecule has 0 saturated carbocycles. The maximum Gasteiger partial charge on any atom is 0.262 e. The van der Waals surface area contributed by atoms with E-state index in [9.17, 15) is 20.3 Å². The Kier molecular flexibility index (Phi) is 5.06. The number of phenolic OH excluding ortho intramolecular Hbond substituents is 2. The maximum absolute atomic E-state index is 13.3. The minimum absolute atomic E-state index is 0.00410. The van der Waals surface area contributed by atoms with E-state index in [0.717, 1.165) is 35.7 Å². The largest absolute Gasteiger partial charge is 0.507 e. The third-order valence-electron chi connectivity index (χ3n) is 5.33. The van der Waals surface area contributed by atoms with E-state index in [1.54, 1.807) is 23.2 Å². The summed E-state index contributed by atoms with van der Waals surface area (Å²) in [5.74, 6) is -1.01. The number of hydrogen-bond donors (Lipinski definition) is 2. The predicted molar refractivity (Wildman–Crippen MR) is 114 cm³/mol. The summed E-state index contributed by atoms with van der Waals surface area (Å²) in [6.45, 7) is 1.94. The molecule has 7 heteroatoms. The number of phenols is 2. The Labute approximate surface area is 178 Å². The van der Waals surface area contributed by atoms with E-state index in [4.69, 9.17) is 11.6 Å². The molecule has 1 aliphatic rings. The minimum Gasteiger partial charge on any atom is -0.507 e. The molecule has 1 aromatic heterocycles. The quantitative estimate of drug-likeness (QED) is 0.629. The SMILES string of the molecule is CC1CCc2cc(-c3ncccc3C#N)ccc2N1C(=O)c1cc(Cl)c(O)cc1O. The lowest BCUT2D eigenvalue weighted by molar-refractivity contribution is 0.0972. The molecule has 2 N–H and O–H groups in total. The number of pyridine rings is 1. The van der Waals surface area contributed by atoms with Crippen LogP contribution < -0.4 is 4.90 Å². The second kappa shape index (κ2) is 7.69. The summed E-state index contributed by atoms with van der Waals surface area (Å²) in [7, 11) is 0. The van der Waals surface area contributed by atoms with Crippen molar-refractivity contribution >= 4 is 23.2 Å². The van der Waals surface area contributed by atoms with Gasteiger partial charge in [0.15, 0.2) is 0 Å². The fourth-order valence-electron chi connectivity index (χ4n) is 3.79. The first-order chi connectivity index (χ1) is 14.4. The van der Waals surface area contributed by atoms with Gasteiger partial charge < -0.3 is 15.1 Å². The van der Waals surface area contributed by atoms with Crippen molar-refractivity contribution < 1.29 is 15.0 Å². The molecule has 0 radical (unpaired) electrons.